The first kappa shape index (κ1) is 14.6. The van der Waals surface area contributed by atoms with Gasteiger partial charge in [-0.05, 0) is 13.0 Å². The lowest BCUT2D eigenvalue weighted by Crippen LogP contribution is -2.16. The number of pyridine rings is 1. The number of nitrogens with one attached hydrogen (secondary N) is 2. The Morgan fingerprint density at radius 2 is 2.42 bits per heavy atom. The number of ether oxygens (including phenoxy) is 1. The number of hydrogen-bond acceptors (Lipinski definition) is 6. The minimum Gasteiger partial charge on any atom is -0.481 e. The molecule has 1 aromatic rings. The summed E-state index contributed by atoms with van der Waals surface area (Å²) in [6, 6.07) is 0.765. The van der Waals surface area contributed by atoms with E-state index in [0.717, 1.165) is 12.4 Å². The summed E-state index contributed by atoms with van der Waals surface area (Å²) < 4.78 is 18.1. The van der Waals surface area contributed by atoms with Crippen molar-refractivity contribution in [1.82, 2.24) is 10.3 Å². The Bertz CT molecular complexity index is 519. The second kappa shape index (κ2) is 6.43. The lowest BCUT2D eigenvalue weighted by Gasteiger charge is -2.14. The van der Waals surface area contributed by atoms with Gasteiger partial charge in [-0.1, -0.05) is 0 Å². The van der Waals surface area contributed by atoms with E-state index in [9.17, 15) is 14.5 Å². The molecule has 102 valence electrons. The lowest BCUT2D eigenvalue weighted by atomic mass is 10.1. The average Bonchev–Trinajstić information content (AvgIpc) is 2.38. The zero-order valence-electron chi connectivity index (χ0n) is 10.4. The average molecular weight is 268 g/mol. The molecule has 0 amide bonds. The highest BCUT2D eigenvalue weighted by Gasteiger charge is 2.14. The topological polar surface area (TPSA) is 101 Å². The number of allylic oxidation sites excluding steroid dienone is 1. The molecule has 1 heterocycles. The Morgan fingerprint density at radius 3 is 2.95 bits per heavy atom. The Kier molecular flexibility index (Phi) is 4.92. The van der Waals surface area contributed by atoms with Crippen LogP contribution in [0.4, 0.5) is 4.39 Å². The van der Waals surface area contributed by atoms with E-state index in [1.807, 2.05) is 0 Å². The molecule has 0 spiro atoms. The molecular weight excluding hydrogens is 255 g/mol. The van der Waals surface area contributed by atoms with Crippen LogP contribution in [0.3, 0.4) is 0 Å². The maximum absolute atomic E-state index is 13.1. The first-order chi connectivity index (χ1) is 8.99. The van der Waals surface area contributed by atoms with Crippen molar-refractivity contribution >= 4 is 6.21 Å². The molecule has 0 radical (unpaired) electrons. The molecule has 1 aromatic heterocycles. The van der Waals surface area contributed by atoms with E-state index in [1.165, 1.54) is 13.2 Å². The number of methoxy groups -OCH3 is 1. The van der Waals surface area contributed by atoms with Gasteiger partial charge in [-0.15, -0.1) is 0 Å². The van der Waals surface area contributed by atoms with Gasteiger partial charge in [0, 0.05) is 5.56 Å². The van der Waals surface area contributed by atoms with E-state index in [1.54, 1.807) is 6.92 Å². The molecule has 2 N–H and O–H groups in total. The van der Waals surface area contributed by atoms with Crippen LogP contribution in [-0.2, 0) is 0 Å². The molecule has 0 aliphatic heterocycles. The van der Waals surface area contributed by atoms with Gasteiger partial charge in [0.2, 0.25) is 5.88 Å². The predicted molar refractivity (Wildman–Crippen MR) is 66.2 cm³/mol. The first-order valence-electron chi connectivity index (χ1n) is 5.30. The molecule has 1 rings (SSSR count). The Labute approximate surface area is 108 Å². The van der Waals surface area contributed by atoms with Crippen LogP contribution in [0, 0.1) is 21.3 Å². The molecule has 0 saturated carbocycles. The van der Waals surface area contributed by atoms with Gasteiger partial charge in [-0.3, -0.25) is 10.1 Å². The van der Waals surface area contributed by atoms with Crippen molar-refractivity contribution in [3.8, 4) is 5.88 Å². The summed E-state index contributed by atoms with van der Waals surface area (Å²) in [6.07, 6.45) is 2.70. The van der Waals surface area contributed by atoms with Crippen LogP contribution < -0.4 is 10.1 Å². The third-order valence-electron chi connectivity index (χ3n) is 2.35. The standard InChI is InChI=1S/C11H13FN4O3/c1-7(14-6-9(4-13)16(17)18)10-3-8(12)5-15-11(10)19-2/h3-7,13-14H,1-2H3/b9-6+,13-4?/t7-/m0/s1. The SMILES string of the molecule is COc1ncc(F)cc1[C@H](C)N/C=C(\C=N)[N+](=O)[O-]. The summed E-state index contributed by atoms with van der Waals surface area (Å²) in [4.78, 5) is 13.6. The molecule has 0 fully saturated rings. The monoisotopic (exact) mass is 268 g/mol. The number of rotatable bonds is 6. The molecule has 7 nitrogen and oxygen atoms in total. The number of aromatic nitrogens is 1. The summed E-state index contributed by atoms with van der Waals surface area (Å²) in [5.74, 6) is -0.303. The lowest BCUT2D eigenvalue weighted by molar-refractivity contribution is -0.414. The molecule has 0 aromatic carbocycles. The van der Waals surface area contributed by atoms with Crippen LogP contribution in [0.5, 0.6) is 5.88 Å². The quantitative estimate of drug-likeness (QED) is 0.464. The maximum Gasteiger partial charge on any atom is 0.302 e. The molecule has 0 aliphatic carbocycles. The Morgan fingerprint density at radius 1 is 1.74 bits per heavy atom. The van der Waals surface area contributed by atoms with E-state index in [4.69, 9.17) is 10.1 Å². The van der Waals surface area contributed by atoms with Gasteiger partial charge in [0.15, 0.2) is 0 Å². The molecule has 19 heavy (non-hydrogen) atoms. The third kappa shape index (κ3) is 3.73. The van der Waals surface area contributed by atoms with E-state index >= 15 is 0 Å². The normalized spacial score (nSPS) is 12.7. The van der Waals surface area contributed by atoms with E-state index in [0.29, 0.717) is 11.8 Å². The molecule has 0 aliphatic rings. The van der Waals surface area contributed by atoms with Crippen molar-refractivity contribution in [2.75, 3.05) is 7.11 Å². The van der Waals surface area contributed by atoms with Crippen LogP contribution in [-0.4, -0.2) is 23.2 Å². The minimum absolute atomic E-state index is 0.229. The molecule has 0 bridgehead atoms. The predicted octanol–water partition coefficient (Wildman–Crippen LogP) is 1.65. The van der Waals surface area contributed by atoms with E-state index < -0.39 is 22.5 Å². The molecule has 0 saturated heterocycles. The van der Waals surface area contributed by atoms with Crippen LogP contribution >= 0.6 is 0 Å². The van der Waals surface area contributed by atoms with Crippen molar-refractivity contribution < 1.29 is 14.1 Å². The van der Waals surface area contributed by atoms with E-state index in [2.05, 4.69) is 10.3 Å². The summed E-state index contributed by atoms with van der Waals surface area (Å²) in [5, 5.41) is 20.1. The first-order valence-corrected chi connectivity index (χ1v) is 5.30. The van der Waals surface area contributed by atoms with Crippen molar-refractivity contribution in [2.45, 2.75) is 13.0 Å². The summed E-state index contributed by atoms with van der Waals surface area (Å²) in [7, 11) is 1.40. The molecular formula is C11H13FN4O3. The second-order valence-electron chi connectivity index (χ2n) is 3.61. The minimum atomic E-state index is -0.701. The molecule has 0 unspecified atom stereocenters. The number of hydrogen-bond donors (Lipinski definition) is 2. The molecule has 8 heteroatoms. The van der Waals surface area contributed by atoms with Crippen LogP contribution in [0.1, 0.15) is 18.5 Å². The highest BCUT2D eigenvalue weighted by atomic mass is 19.1. The third-order valence-corrected chi connectivity index (χ3v) is 2.35. The number of nitrogens with zero attached hydrogens (tertiary/aromatic N) is 2. The highest BCUT2D eigenvalue weighted by molar-refractivity contribution is 5.71. The van der Waals surface area contributed by atoms with Gasteiger partial charge in [-0.2, -0.15) is 0 Å². The largest absolute Gasteiger partial charge is 0.481 e. The number of halogens is 1. The van der Waals surface area contributed by atoms with Gasteiger partial charge in [0.05, 0.1) is 36.7 Å². The smallest absolute Gasteiger partial charge is 0.302 e. The van der Waals surface area contributed by atoms with Crippen LogP contribution in [0.15, 0.2) is 24.2 Å². The Balaban J connectivity index is 2.95. The van der Waals surface area contributed by atoms with Gasteiger partial charge >= 0.3 is 5.70 Å². The fraction of sp³-hybridized carbons (Fsp3) is 0.273. The molecule has 1 atom stereocenters. The van der Waals surface area contributed by atoms with Crippen LogP contribution in [0.2, 0.25) is 0 Å². The number of nitro groups is 1. The summed E-state index contributed by atoms with van der Waals surface area (Å²) >= 11 is 0. The van der Waals surface area contributed by atoms with Gasteiger partial charge < -0.3 is 15.5 Å². The maximum atomic E-state index is 13.1. The fourth-order valence-corrected chi connectivity index (χ4v) is 1.37. The van der Waals surface area contributed by atoms with Gasteiger partial charge in [-0.25, -0.2) is 9.37 Å². The van der Waals surface area contributed by atoms with Gasteiger partial charge in [0.25, 0.3) is 0 Å². The summed E-state index contributed by atoms with van der Waals surface area (Å²) in [6.45, 7) is 1.66. The van der Waals surface area contributed by atoms with Crippen molar-refractivity contribution in [3.63, 3.8) is 0 Å². The van der Waals surface area contributed by atoms with Gasteiger partial charge in [0.1, 0.15) is 5.82 Å². The Hall–Kier alpha value is -2.51. The van der Waals surface area contributed by atoms with Crippen molar-refractivity contribution in [1.29, 1.82) is 5.41 Å². The van der Waals surface area contributed by atoms with E-state index in [-0.39, 0.29) is 5.88 Å². The zero-order chi connectivity index (χ0) is 14.4. The van der Waals surface area contributed by atoms with Crippen molar-refractivity contribution in [3.05, 3.63) is 45.7 Å². The zero-order valence-corrected chi connectivity index (χ0v) is 10.4. The fourth-order valence-electron chi connectivity index (χ4n) is 1.37. The van der Waals surface area contributed by atoms with Crippen molar-refractivity contribution in [2.24, 2.45) is 0 Å². The van der Waals surface area contributed by atoms with Crippen LogP contribution in [0.25, 0.3) is 0 Å². The highest BCUT2D eigenvalue weighted by Crippen LogP contribution is 2.23. The second-order valence-corrected chi connectivity index (χ2v) is 3.61. The summed E-state index contributed by atoms with van der Waals surface area (Å²) in [5.41, 5.74) is 0.0154.